The third kappa shape index (κ3) is 6.56. The Morgan fingerprint density at radius 3 is 2.37 bits per heavy atom. The molecule has 0 radical (unpaired) electrons. The van der Waals surface area contributed by atoms with Gasteiger partial charge in [-0.1, -0.05) is 11.6 Å². The SMILES string of the molecule is Nc1nccn2c(N3CCC4(CC3)CN(CC3[C@H]5CN(c6cc7c(cc6F)C(=O)N(C6CCC(=O)NC6=O)C7=O)C[C@@H]35)C4)nc(-c3ccc(C(=O)Nc4cc(Cl)ccn4)cc3F)c12. The molecule has 5 aromatic rings. The summed E-state index contributed by atoms with van der Waals surface area (Å²) < 4.78 is 33.2. The minimum Gasteiger partial charge on any atom is -0.382 e. The largest absolute Gasteiger partial charge is 0.382 e. The molecule has 16 nitrogen and oxygen atoms in total. The van der Waals surface area contributed by atoms with Gasteiger partial charge in [-0.15, -0.1) is 0 Å². The molecule has 1 spiro atoms. The van der Waals surface area contributed by atoms with Gasteiger partial charge in [-0.05, 0) is 84.9 Å². The predicted octanol–water partition coefficient (Wildman–Crippen LogP) is 4.24. The molecule has 0 bridgehead atoms. The lowest BCUT2D eigenvalue weighted by atomic mass is 9.72. The Labute approximate surface area is 363 Å². The molecular formula is C44H40ClF2N11O5. The van der Waals surface area contributed by atoms with Crippen LogP contribution in [0, 0.1) is 34.8 Å². The van der Waals surface area contributed by atoms with E-state index in [-0.39, 0.29) is 57.8 Å². The molecule has 8 heterocycles. The average Bonchev–Trinajstić information content (AvgIpc) is 3.51. The zero-order valence-electron chi connectivity index (χ0n) is 33.7. The lowest BCUT2D eigenvalue weighted by Gasteiger charge is -2.54. The summed E-state index contributed by atoms with van der Waals surface area (Å²) in [4.78, 5) is 84.4. The van der Waals surface area contributed by atoms with E-state index < -0.39 is 47.2 Å². The number of benzene rings is 2. The fourth-order valence-corrected chi connectivity index (χ4v) is 10.8. The number of carbonyl (C=O) groups excluding carboxylic acids is 5. The number of amides is 5. The van der Waals surface area contributed by atoms with Crippen molar-refractivity contribution in [3.63, 3.8) is 0 Å². The summed E-state index contributed by atoms with van der Waals surface area (Å²) in [5.74, 6) is -1.88. The van der Waals surface area contributed by atoms with Gasteiger partial charge in [0.25, 0.3) is 17.7 Å². The van der Waals surface area contributed by atoms with Crippen LogP contribution in [0.15, 0.2) is 61.1 Å². The summed E-state index contributed by atoms with van der Waals surface area (Å²) in [6.07, 6.45) is 6.79. The van der Waals surface area contributed by atoms with Crippen molar-refractivity contribution >= 4 is 69.9 Å². The molecule has 4 N–H and O–H groups in total. The molecule has 5 amide bonds. The van der Waals surface area contributed by atoms with Crippen LogP contribution in [-0.2, 0) is 9.59 Å². The minimum atomic E-state index is -1.11. The standard InChI is InChI=1S/C44H40ClF2N11O5/c45-23-5-8-49-34(14-23)51-39(60)22-1-2-24(30(46)13-22)36-37-38(48)50-9-12-57(37)43(53-36)55-10-6-44(7-11-55)20-54(21-44)17-27-28-18-56(19-29(27)28)33-16-26-25(15-31(33)47)41(62)58(42(26)63)32-3-4-35(59)52-40(32)61/h1-2,5,8-9,12-16,27-29,32H,3-4,6-7,10-11,17-21H2,(H2,48,50)(H,49,51,60)(H,52,59,61)/t27?,28-,29+,32?. The number of piperidine rings is 3. The summed E-state index contributed by atoms with van der Waals surface area (Å²) in [7, 11) is 0. The number of nitrogens with zero attached hydrogens (tertiary/aromatic N) is 8. The van der Waals surface area contributed by atoms with Crippen molar-refractivity contribution in [1.82, 2.24) is 34.5 Å². The van der Waals surface area contributed by atoms with Crippen LogP contribution in [0.4, 0.5) is 32.1 Å². The van der Waals surface area contributed by atoms with Crippen LogP contribution in [0.5, 0.6) is 0 Å². The third-order valence-electron chi connectivity index (χ3n) is 13.9. The number of nitrogens with one attached hydrogen (secondary N) is 2. The number of carbonyl (C=O) groups is 5. The normalized spacial score (nSPS) is 23.9. The van der Waals surface area contributed by atoms with Gasteiger partial charge in [0.2, 0.25) is 17.8 Å². The number of pyridine rings is 1. The van der Waals surface area contributed by atoms with Gasteiger partial charge in [-0.3, -0.25) is 38.6 Å². The number of rotatable bonds is 8. The summed E-state index contributed by atoms with van der Waals surface area (Å²) >= 11 is 6.01. The van der Waals surface area contributed by atoms with Gasteiger partial charge in [-0.2, -0.15) is 0 Å². The van der Waals surface area contributed by atoms with E-state index in [1.54, 1.807) is 18.5 Å². The predicted molar refractivity (Wildman–Crippen MR) is 226 cm³/mol. The molecule has 1 aliphatic carbocycles. The topological polar surface area (TPSA) is 191 Å². The second-order valence-electron chi connectivity index (χ2n) is 17.6. The van der Waals surface area contributed by atoms with E-state index in [9.17, 15) is 24.0 Å². The van der Waals surface area contributed by atoms with E-state index in [1.165, 1.54) is 30.5 Å². The number of imide groups is 2. The highest BCUT2D eigenvalue weighted by molar-refractivity contribution is 6.30. The summed E-state index contributed by atoms with van der Waals surface area (Å²) in [6.45, 7) is 5.77. The average molecular weight is 876 g/mol. The highest BCUT2D eigenvalue weighted by Gasteiger charge is 2.58. The molecule has 11 rings (SSSR count). The second kappa shape index (κ2) is 14.5. The first kappa shape index (κ1) is 39.3. The minimum absolute atomic E-state index is 0.0105. The van der Waals surface area contributed by atoms with Gasteiger partial charge in [0.05, 0.1) is 16.8 Å². The first-order valence-electron chi connectivity index (χ1n) is 21.0. The van der Waals surface area contributed by atoms with E-state index in [4.69, 9.17) is 22.3 Å². The smallest absolute Gasteiger partial charge is 0.262 e. The van der Waals surface area contributed by atoms with Crippen LogP contribution in [0.1, 0.15) is 56.8 Å². The van der Waals surface area contributed by atoms with Gasteiger partial charge >= 0.3 is 0 Å². The molecule has 19 heteroatoms. The number of nitrogens with two attached hydrogens (primary N) is 1. The van der Waals surface area contributed by atoms with E-state index in [0.717, 1.165) is 62.6 Å². The molecule has 4 atom stereocenters. The van der Waals surface area contributed by atoms with Gasteiger partial charge in [-0.25, -0.2) is 23.7 Å². The molecule has 5 aliphatic heterocycles. The monoisotopic (exact) mass is 875 g/mol. The summed E-state index contributed by atoms with van der Waals surface area (Å²) in [6, 6.07) is 8.73. The quantitative estimate of drug-likeness (QED) is 0.188. The maximum absolute atomic E-state index is 15.8. The third-order valence-corrected chi connectivity index (χ3v) is 14.2. The number of likely N-dealkylation sites (tertiary alicyclic amines) is 1. The molecule has 5 fully saturated rings. The highest BCUT2D eigenvalue weighted by Crippen LogP contribution is 2.55. The number of nitrogen functional groups attached to an aromatic ring is 1. The Bertz CT molecular complexity index is 2810. The number of fused-ring (bicyclic) bond motifs is 3. The number of halogens is 3. The van der Waals surface area contributed by atoms with Crippen LogP contribution in [0.2, 0.25) is 5.02 Å². The molecule has 1 saturated carbocycles. The van der Waals surface area contributed by atoms with Crippen molar-refractivity contribution < 1.29 is 32.8 Å². The zero-order valence-corrected chi connectivity index (χ0v) is 34.4. The molecule has 63 heavy (non-hydrogen) atoms. The maximum Gasteiger partial charge on any atom is 0.262 e. The second-order valence-corrected chi connectivity index (χ2v) is 18.1. The van der Waals surface area contributed by atoms with E-state index >= 15 is 8.78 Å². The number of hydrogen-bond acceptors (Lipinski definition) is 12. The maximum atomic E-state index is 15.8. The number of imidazole rings is 1. The fraction of sp³-hybridized carbons (Fsp3) is 0.364. The van der Waals surface area contributed by atoms with E-state index in [1.807, 2.05) is 9.30 Å². The molecule has 3 aromatic heterocycles. The Balaban J connectivity index is 0.705. The van der Waals surface area contributed by atoms with Crippen LogP contribution in [0.3, 0.4) is 0 Å². The van der Waals surface area contributed by atoms with Crippen molar-refractivity contribution in [3.05, 3.63) is 94.4 Å². The summed E-state index contributed by atoms with van der Waals surface area (Å²) in [5.41, 5.74) is 7.96. The van der Waals surface area contributed by atoms with E-state index in [2.05, 4.69) is 30.4 Å². The lowest BCUT2D eigenvalue weighted by Crippen LogP contribution is -2.61. The molecule has 2 aromatic carbocycles. The molecular weight excluding hydrogens is 836 g/mol. The zero-order chi connectivity index (χ0) is 43.5. The van der Waals surface area contributed by atoms with Crippen LogP contribution in [0.25, 0.3) is 16.8 Å². The Morgan fingerprint density at radius 1 is 0.905 bits per heavy atom. The van der Waals surface area contributed by atoms with Crippen LogP contribution >= 0.6 is 11.6 Å². The fourth-order valence-electron chi connectivity index (χ4n) is 10.6. The first-order valence-corrected chi connectivity index (χ1v) is 21.4. The lowest BCUT2D eigenvalue weighted by molar-refractivity contribution is -0.136. The molecule has 6 aliphatic rings. The Hall–Kier alpha value is -6.53. The van der Waals surface area contributed by atoms with E-state index in [0.29, 0.717) is 53.0 Å². The van der Waals surface area contributed by atoms with Crippen molar-refractivity contribution in [1.29, 1.82) is 0 Å². The van der Waals surface area contributed by atoms with Crippen molar-refractivity contribution in [3.8, 4) is 11.3 Å². The first-order chi connectivity index (χ1) is 30.3. The van der Waals surface area contributed by atoms with Crippen LogP contribution < -0.4 is 26.2 Å². The van der Waals surface area contributed by atoms with Crippen molar-refractivity contribution in [2.24, 2.45) is 23.2 Å². The highest BCUT2D eigenvalue weighted by atomic mass is 35.5. The van der Waals surface area contributed by atoms with Gasteiger partial charge in [0.1, 0.15) is 40.5 Å². The van der Waals surface area contributed by atoms with Gasteiger partial charge < -0.3 is 25.8 Å². The Morgan fingerprint density at radius 2 is 1.65 bits per heavy atom. The Kier molecular flexibility index (Phi) is 9.06. The molecule has 4 saturated heterocycles. The summed E-state index contributed by atoms with van der Waals surface area (Å²) in [5, 5.41) is 5.22. The van der Waals surface area contributed by atoms with Crippen LogP contribution in [-0.4, -0.2) is 111 Å². The van der Waals surface area contributed by atoms with Crippen molar-refractivity contribution in [2.45, 2.75) is 31.7 Å². The number of aromatic nitrogens is 4. The van der Waals surface area contributed by atoms with Gasteiger partial charge in [0.15, 0.2) is 0 Å². The molecule has 322 valence electrons. The van der Waals surface area contributed by atoms with Crippen molar-refractivity contribution in [2.75, 3.05) is 66.7 Å². The molecule has 2 unspecified atom stereocenters. The number of hydrogen-bond donors (Lipinski definition) is 3. The van der Waals surface area contributed by atoms with Gasteiger partial charge in [0, 0.05) is 87.0 Å². The number of anilines is 4.